The summed E-state index contributed by atoms with van der Waals surface area (Å²) < 4.78 is 6.57. The van der Waals surface area contributed by atoms with Gasteiger partial charge in [-0.1, -0.05) is 41.1 Å². The molecule has 30 heavy (non-hydrogen) atoms. The third kappa shape index (κ3) is 4.82. The Morgan fingerprint density at radius 1 is 1.03 bits per heavy atom. The predicted molar refractivity (Wildman–Crippen MR) is 123 cm³/mol. The molecule has 0 spiro atoms. The number of aromatic nitrogens is 1. The number of rotatable bonds is 5. The van der Waals surface area contributed by atoms with Gasteiger partial charge in [0.05, 0.1) is 11.3 Å². The highest BCUT2D eigenvalue weighted by Gasteiger charge is 2.30. The monoisotopic (exact) mass is 468 g/mol. The van der Waals surface area contributed by atoms with Crippen LogP contribution in [0.2, 0.25) is 0 Å². The van der Waals surface area contributed by atoms with Crippen LogP contribution in [-0.2, 0) is 11.2 Å². The summed E-state index contributed by atoms with van der Waals surface area (Å²) in [6.45, 7) is 7.47. The standard InChI is InChI=1S/C24H25BrN2O3/c1-5-16-8-6-7-9-20(16)27(23(29)30-24(2,3)4)22-19(14-15-26-22)21(28)17-10-12-18(25)13-11-17/h6-15,26H,5H2,1-4H3. The van der Waals surface area contributed by atoms with Gasteiger partial charge in [-0.2, -0.15) is 0 Å². The number of carbonyl (C=O) groups excluding carboxylic acids is 2. The average molecular weight is 469 g/mol. The summed E-state index contributed by atoms with van der Waals surface area (Å²) in [7, 11) is 0. The lowest BCUT2D eigenvalue weighted by atomic mass is 10.0. The lowest BCUT2D eigenvalue weighted by molar-refractivity contribution is 0.0598. The van der Waals surface area contributed by atoms with E-state index in [0.717, 1.165) is 16.5 Å². The van der Waals surface area contributed by atoms with Crippen LogP contribution in [0.1, 0.15) is 49.2 Å². The molecule has 1 N–H and O–H groups in total. The number of aryl methyl sites for hydroxylation is 1. The molecule has 5 nitrogen and oxygen atoms in total. The number of para-hydroxylation sites is 1. The van der Waals surface area contributed by atoms with Gasteiger partial charge in [0.15, 0.2) is 5.78 Å². The van der Waals surface area contributed by atoms with Crippen molar-refractivity contribution in [2.24, 2.45) is 0 Å². The summed E-state index contributed by atoms with van der Waals surface area (Å²) in [6, 6.07) is 16.4. The van der Waals surface area contributed by atoms with Crippen LogP contribution in [0.5, 0.6) is 0 Å². The first kappa shape index (κ1) is 21.8. The summed E-state index contributed by atoms with van der Waals surface area (Å²) in [6.07, 6.45) is 1.84. The minimum Gasteiger partial charge on any atom is -0.443 e. The molecule has 2 aromatic carbocycles. The van der Waals surface area contributed by atoms with Gasteiger partial charge < -0.3 is 9.72 Å². The van der Waals surface area contributed by atoms with Gasteiger partial charge >= 0.3 is 6.09 Å². The van der Waals surface area contributed by atoms with Crippen molar-refractivity contribution < 1.29 is 14.3 Å². The number of ether oxygens (including phenoxy) is 1. The molecule has 0 saturated carbocycles. The van der Waals surface area contributed by atoms with E-state index in [2.05, 4.69) is 20.9 Å². The van der Waals surface area contributed by atoms with E-state index in [9.17, 15) is 9.59 Å². The third-order valence-electron chi connectivity index (χ3n) is 4.49. The Morgan fingerprint density at radius 3 is 2.33 bits per heavy atom. The molecule has 1 amide bonds. The number of amides is 1. The van der Waals surface area contributed by atoms with Gasteiger partial charge in [0.25, 0.3) is 0 Å². The van der Waals surface area contributed by atoms with Crippen LogP contribution in [0, 0.1) is 0 Å². The van der Waals surface area contributed by atoms with Crippen molar-refractivity contribution in [2.75, 3.05) is 4.90 Å². The quantitative estimate of drug-likeness (QED) is 0.426. The molecule has 0 unspecified atom stereocenters. The SMILES string of the molecule is CCc1ccccc1N(C(=O)OC(C)(C)C)c1[nH]ccc1C(=O)c1ccc(Br)cc1. The number of ketones is 1. The van der Waals surface area contributed by atoms with Gasteiger partial charge in [0, 0.05) is 16.2 Å². The normalized spacial score (nSPS) is 11.2. The van der Waals surface area contributed by atoms with E-state index in [-0.39, 0.29) is 5.78 Å². The number of carbonyl (C=O) groups is 2. The molecule has 0 aliphatic carbocycles. The molecule has 0 aliphatic rings. The van der Waals surface area contributed by atoms with Gasteiger partial charge in [0.2, 0.25) is 0 Å². The van der Waals surface area contributed by atoms with Crippen molar-refractivity contribution in [3.63, 3.8) is 0 Å². The van der Waals surface area contributed by atoms with E-state index in [0.29, 0.717) is 22.6 Å². The zero-order valence-electron chi connectivity index (χ0n) is 17.5. The van der Waals surface area contributed by atoms with E-state index in [1.807, 2.05) is 64.1 Å². The van der Waals surface area contributed by atoms with Crippen molar-refractivity contribution in [2.45, 2.75) is 39.7 Å². The number of hydrogen-bond donors (Lipinski definition) is 1. The number of hydrogen-bond acceptors (Lipinski definition) is 3. The number of anilines is 2. The molecule has 3 rings (SSSR count). The van der Waals surface area contributed by atoms with E-state index in [1.165, 1.54) is 4.90 Å². The third-order valence-corrected chi connectivity index (χ3v) is 5.02. The van der Waals surface area contributed by atoms with Crippen LogP contribution in [0.25, 0.3) is 0 Å². The van der Waals surface area contributed by atoms with Crippen molar-refractivity contribution >= 4 is 39.3 Å². The minimum atomic E-state index is -0.682. The summed E-state index contributed by atoms with van der Waals surface area (Å²) in [5.41, 5.74) is 1.90. The van der Waals surface area contributed by atoms with Crippen molar-refractivity contribution in [1.29, 1.82) is 0 Å². The van der Waals surface area contributed by atoms with Crippen molar-refractivity contribution in [3.05, 3.63) is 82.0 Å². The molecule has 156 valence electrons. The Hall–Kier alpha value is -2.86. The fraction of sp³-hybridized carbons (Fsp3) is 0.250. The first-order valence-corrected chi connectivity index (χ1v) is 10.6. The van der Waals surface area contributed by atoms with Crippen LogP contribution in [0.3, 0.4) is 0 Å². The maximum absolute atomic E-state index is 13.2. The van der Waals surface area contributed by atoms with Gasteiger partial charge in [-0.25, -0.2) is 9.69 Å². The van der Waals surface area contributed by atoms with Crippen LogP contribution in [0.15, 0.2) is 65.3 Å². The molecule has 6 heteroatoms. The number of nitrogens with one attached hydrogen (secondary N) is 1. The predicted octanol–water partition coefficient (Wildman–Crippen LogP) is 6.64. The first-order chi connectivity index (χ1) is 14.2. The number of benzene rings is 2. The van der Waals surface area contributed by atoms with Gasteiger partial charge in [0.1, 0.15) is 11.4 Å². The maximum Gasteiger partial charge on any atom is 0.420 e. The zero-order chi connectivity index (χ0) is 21.9. The van der Waals surface area contributed by atoms with Crippen LogP contribution in [0.4, 0.5) is 16.3 Å². The summed E-state index contributed by atoms with van der Waals surface area (Å²) in [5, 5.41) is 0. The van der Waals surface area contributed by atoms with E-state index in [1.54, 1.807) is 24.4 Å². The molecule has 0 saturated heterocycles. The molecule has 0 aliphatic heterocycles. The van der Waals surface area contributed by atoms with Crippen molar-refractivity contribution in [3.8, 4) is 0 Å². The Kier molecular flexibility index (Phi) is 6.46. The molecule has 0 atom stereocenters. The molecule has 1 heterocycles. The fourth-order valence-electron chi connectivity index (χ4n) is 3.13. The first-order valence-electron chi connectivity index (χ1n) is 9.80. The molecule has 0 fully saturated rings. The second-order valence-electron chi connectivity index (χ2n) is 7.87. The Morgan fingerprint density at radius 2 is 1.70 bits per heavy atom. The molecule has 0 bridgehead atoms. The lowest BCUT2D eigenvalue weighted by Crippen LogP contribution is -2.35. The lowest BCUT2D eigenvalue weighted by Gasteiger charge is -2.28. The fourth-order valence-corrected chi connectivity index (χ4v) is 3.40. The minimum absolute atomic E-state index is 0.179. The molecule has 3 aromatic rings. The second kappa shape index (κ2) is 8.88. The summed E-state index contributed by atoms with van der Waals surface area (Å²) in [5.74, 6) is 0.208. The molecular weight excluding hydrogens is 444 g/mol. The molecule has 1 aromatic heterocycles. The Labute approximate surface area is 185 Å². The number of aromatic amines is 1. The summed E-state index contributed by atoms with van der Waals surface area (Å²) >= 11 is 3.39. The number of halogens is 1. The second-order valence-corrected chi connectivity index (χ2v) is 8.79. The van der Waals surface area contributed by atoms with E-state index >= 15 is 0 Å². The Bertz CT molecular complexity index is 1050. The van der Waals surface area contributed by atoms with Crippen LogP contribution < -0.4 is 4.90 Å². The molecular formula is C24H25BrN2O3. The maximum atomic E-state index is 13.2. The van der Waals surface area contributed by atoms with E-state index < -0.39 is 11.7 Å². The smallest absolute Gasteiger partial charge is 0.420 e. The number of nitrogens with zero attached hydrogens (tertiary/aromatic N) is 1. The highest BCUT2D eigenvalue weighted by Crippen LogP contribution is 2.33. The van der Waals surface area contributed by atoms with E-state index in [4.69, 9.17) is 4.74 Å². The summed E-state index contributed by atoms with van der Waals surface area (Å²) in [4.78, 5) is 31.0. The highest BCUT2D eigenvalue weighted by atomic mass is 79.9. The topological polar surface area (TPSA) is 62.4 Å². The highest BCUT2D eigenvalue weighted by molar-refractivity contribution is 9.10. The van der Waals surface area contributed by atoms with Crippen molar-refractivity contribution in [1.82, 2.24) is 4.98 Å². The zero-order valence-corrected chi connectivity index (χ0v) is 19.1. The largest absolute Gasteiger partial charge is 0.443 e. The molecule has 0 radical (unpaired) electrons. The van der Waals surface area contributed by atoms with Crippen LogP contribution >= 0.6 is 15.9 Å². The number of H-pyrrole nitrogens is 1. The average Bonchev–Trinajstić information content (AvgIpc) is 3.16. The van der Waals surface area contributed by atoms with Gasteiger partial charge in [-0.3, -0.25) is 4.79 Å². The van der Waals surface area contributed by atoms with Gasteiger partial charge in [-0.15, -0.1) is 0 Å². The van der Waals surface area contributed by atoms with Crippen LogP contribution in [-0.4, -0.2) is 22.5 Å². The Balaban J connectivity index is 2.11. The van der Waals surface area contributed by atoms with Gasteiger partial charge in [-0.05, 0) is 69.2 Å².